The lowest BCUT2D eigenvalue weighted by Gasteiger charge is -2.18. The molecule has 18 heavy (non-hydrogen) atoms. The van der Waals surface area contributed by atoms with Gasteiger partial charge in [-0.3, -0.25) is 3.11 Å². The molecule has 0 atom stereocenters. The average molecular weight is 363 g/mol. The van der Waals surface area contributed by atoms with Gasteiger partial charge in [0, 0.05) is 0 Å². The van der Waals surface area contributed by atoms with Crippen molar-refractivity contribution in [3.8, 4) is 0 Å². The number of nitrogens with zero attached hydrogens (tertiary/aromatic N) is 1. The zero-order valence-electron chi connectivity index (χ0n) is 9.16. The van der Waals surface area contributed by atoms with E-state index < -0.39 is 11.7 Å². The Morgan fingerprint density at radius 2 is 1.44 bits per heavy atom. The van der Waals surface area contributed by atoms with Crippen LogP contribution in [0, 0.1) is 0 Å². The van der Waals surface area contributed by atoms with Gasteiger partial charge in [-0.1, -0.05) is 24.3 Å². The average Bonchev–Trinajstić information content (AvgIpc) is 2.38. The molecule has 0 saturated carbocycles. The van der Waals surface area contributed by atoms with E-state index in [0.717, 1.165) is 17.8 Å². The van der Waals surface area contributed by atoms with Crippen molar-refractivity contribution in [1.82, 2.24) is 0 Å². The fourth-order valence-electron chi connectivity index (χ4n) is 1.51. The van der Waals surface area contributed by atoms with E-state index in [4.69, 9.17) is 0 Å². The Balaban J connectivity index is 2.35. The molecule has 0 aromatic heterocycles. The maximum Gasteiger partial charge on any atom is 0.416 e. The highest BCUT2D eigenvalue weighted by molar-refractivity contribution is 14.1. The van der Waals surface area contributed by atoms with E-state index in [-0.39, 0.29) is 0 Å². The van der Waals surface area contributed by atoms with E-state index >= 15 is 0 Å². The molecule has 0 aliphatic heterocycles. The van der Waals surface area contributed by atoms with Gasteiger partial charge >= 0.3 is 6.18 Å². The summed E-state index contributed by atoms with van der Waals surface area (Å²) >= 11 is 1.98. The Morgan fingerprint density at radius 3 is 2.06 bits per heavy atom. The third-order valence-electron chi connectivity index (χ3n) is 2.38. The lowest BCUT2D eigenvalue weighted by molar-refractivity contribution is -0.137. The van der Waals surface area contributed by atoms with Gasteiger partial charge in [-0.15, -0.1) is 0 Å². The molecule has 5 heteroatoms. The van der Waals surface area contributed by atoms with Crippen LogP contribution >= 0.6 is 22.9 Å². The Labute approximate surface area is 117 Å². The number of hydrogen-bond donors (Lipinski definition) is 0. The number of para-hydroxylation sites is 1. The van der Waals surface area contributed by atoms with Crippen LogP contribution in [0.25, 0.3) is 0 Å². The van der Waals surface area contributed by atoms with Crippen LogP contribution in [-0.4, -0.2) is 0 Å². The highest BCUT2D eigenvalue weighted by Gasteiger charge is 2.30. The van der Waals surface area contributed by atoms with Gasteiger partial charge in [0.05, 0.1) is 39.8 Å². The van der Waals surface area contributed by atoms with Crippen molar-refractivity contribution in [3.05, 3.63) is 60.2 Å². The SMILES string of the molecule is FC(F)(F)c1cccc(N(I)c2ccccc2)c1. The molecule has 0 unspecified atom stereocenters. The zero-order chi connectivity index (χ0) is 13.2. The van der Waals surface area contributed by atoms with Crippen LogP contribution in [0.15, 0.2) is 54.6 Å². The molecule has 0 amide bonds. The summed E-state index contributed by atoms with van der Waals surface area (Å²) in [6, 6.07) is 14.5. The van der Waals surface area contributed by atoms with Gasteiger partial charge in [-0.25, -0.2) is 0 Å². The molecule has 0 radical (unpaired) electrons. The van der Waals surface area contributed by atoms with Gasteiger partial charge in [0.1, 0.15) is 0 Å². The topological polar surface area (TPSA) is 3.24 Å². The molecule has 0 bridgehead atoms. The Kier molecular flexibility index (Phi) is 3.79. The Hall–Kier alpha value is -1.24. The minimum atomic E-state index is -4.32. The number of rotatable bonds is 2. The second-order valence-electron chi connectivity index (χ2n) is 3.66. The van der Waals surface area contributed by atoms with Gasteiger partial charge in [0.2, 0.25) is 0 Å². The predicted molar refractivity (Wildman–Crippen MR) is 74.0 cm³/mol. The fourth-order valence-corrected chi connectivity index (χ4v) is 2.13. The predicted octanol–water partition coefficient (Wildman–Crippen LogP) is 5.19. The van der Waals surface area contributed by atoms with E-state index in [1.165, 1.54) is 6.07 Å². The largest absolute Gasteiger partial charge is 0.416 e. The standard InChI is InChI=1S/C13H9F3IN/c14-13(15,16)10-5-4-8-12(9-10)18(17)11-6-2-1-3-7-11/h1-9H. The zero-order valence-corrected chi connectivity index (χ0v) is 11.3. The molecule has 1 nitrogen and oxygen atoms in total. The Morgan fingerprint density at radius 1 is 0.833 bits per heavy atom. The van der Waals surface area contributed by atoms with Crippen LogP contribution < -0.4 is 3.11 Å². The first-order chi connectivity index (χ1) is 8.48. The highest BCUT2D eigenvalue weighted by Crippen LogP contribution is 2.35. The van der Waals surface area contributed by atoms with Crippen LogP contribution in [-0.2, 0) is 6.18 Å². The molecular formula is C13H9F3IN. The molecule has 0 aliphatic carbocycles. The van der Waals surface area contributed by atoms with E-state index in [1.807, 2.05) is 53.2 Å². The first-order valence-corrected chi connectivity index (χ1v) is 6.13. The smallest absolute Gasteiger partial charge is 0.283 e. The third-order valence-corrected chi connectivity index (χ3v) is 3.50. The first-order valence-electron chi connectivity index (χ1n) is 5.17. The molecule has 0 heterocycles. The summed E-state index contributed by atoms with van der Waals surface area (Å²) in [5.74, 6) is 0. The van der Waals surface area contributed by atoms with Crippen LogP contribution in [0.4, 0.5) is 24.5 Å². The summed E-state index contributed by atoms with van der Waals surface area (Å²) in [6.45, 7) is 0. The molecular weight excluding hydrogens is 354 g/mol. The van der Waals surface area contributed by atoms with Crippen LogP contribution in [0.5, 0.6) is 0 Å². The van der Waals surface area contributed by atoms with Crippen molar-refractivity contribution in [1.29, 1.82) is 0 Å². The van der Waals surface area contributed by atoms with Crippen molar-refractivity contribution in [2.24, 2.45) is 0 Å². The maximum absolute atomic E-state index is 12.6. The Bertz CT molecular complexity index is 525. The minimum absolute atomic E-state index is 0.497. The second-order valence-corrected chi connectivity index (χ2v) is 4.63. The maximum atomic E-state index is 12.6. The third kappa shape index (κ3) is 2.95. The van der Waals surface area contributed by atoms with Crippen molar-refractivity contribution in [2.75, 3.05) is 3.11 Å². The van der Waals surface area contributed by atoms with Crippen LogP contribution in [0.1, 0.15) is 5.56 Å². The summed E-state index contributed by atoms with van der Waals surface area (Å²) in [4.78, 5) is 0. The molecule has 94 valence electrons. The molecule has 2 rings (SSSR count). The van der Waals surface area contributed by atoms with E-state index in [9.17, 15) is 13.2 Å². The quantitative estimate of drug-likeness (QED) is 0.524. The number of alkyl halides is 3. The van der Waals surface area contributed by atoms with Gasteiger partial charge in [0.15, 0.2) is 0 Å². The number of hydrogen-bond acceptors (Lipinski definition) is 1. The molecule has 0 aliphatic rings. The normalized spacial score (nSPS) is 11.3. The fraction of sp³-hybridized carbons (Fsp3) is 0.0769. The first kappa shape index (κ1) is 13.2. The number of benzene rings is 2. The summed E-state index contributed by atoms with van der Waals surface area (Å²) in [5, 5.41) is 0. The van der Waals surface area contributed by atoms with Crippen LogP contribution in [0.2, 0.25) is 0 Å². The molecule has 0 N–H and O–H groups in total. The number of halogens is 4. The minimum Gasteiger partial charge on any atom is -0.283 e. The van der Waals surface area contributed by atoms with Gasteiger partial charge < -0.3 is 0 Å². The summed E-state index contributed by atoms with van der Waals surface area (Å²) < 4.78 is 39.5. The number of anilines is 2. The van der Waals surface area contributed by atoms with Crippen molar-refractivity contribution < 1.29 is 13.2 Å². The highest BCUT2D eigenvalue weighted by atomic mass is 127. The lowest BCUT2D eigenvalue weighted by Crippen LogP contribution is -2.07. The molecule has 0 spiro atoms. The molecule has 0 fully saturated rings. The summed E-state index contributed by atoms with van der Waals surface area (Å²) in [6.07, 6.45) is -4.32. The molecule has 0 saturated heterocycles. The van der Waals surface area contributed by atoms with E-state index in [2.05, 4.69) is 0 Å². The molecule has 2 aromatic carbocycles. The van der Waals surface area contributed by atoms with Gasteiger partial charge in [-0.05, 0) is 30.3 Å². The van der Waals surface area contributed by atoms with E-state index in [0.29, 0.717) is 5.69 Å². The monoisotopic (exact) mass is 363 g/mol. The summed E-state index contributed by atoms with van der Waals surface area (Å²) in [5.41, 5.74) is 0.687. The van der Waals surface area contributed by atoms with E-state index in [1.54, 1.807) is 9.18 Å². The summed E-state index contributed by atoms with van der Waals surface area (Å²) in [7, 11) is 0. The van der Waals surface area contributed by atoms with Crippen molar-refractivity contribution in [3.63, 3.8) is 0 Å². The van der Waals surface area contributed by atoms with Gasteiger partial charge in [0.25, 0.3) is 0 Å². The lowest BCUT2D eigenvalue weighted by atomic mass is 10.2. The molecule has 2 aromatic rings. The van der Waals surface area contributed by atoms with Crippen molar-refractivity contribution >= 4 is 34.2 Å². The second kappa shape index (κ2) is 5.17. The van der Waals surface area contributed by atoms with Crippen molar-refractivity contribution in [2.45, 2.75) is 6.18 Å². The van der Waals surface area contributed by atoms with Crippen LogP contribution in [0.3, 0.4) is 0 Å². The van der Waals surface area contributed by atoms with Gasteiger partial charge in [-0.2, -0.15) is 13.2 Å².